The van der Waals surface area contributed by atoms with Crippen molar-refractivity contribution in [2.45, 2.75) is 0 Å². The number of nitrogens with zero attached hydrogens (tertiary/aromatic N) is 2. The molecule has 2 aromatic heterocycles. The van der Waals surface area contributed by atoms with Crippen LogP contribution in [0.4, 0.5) is 0 Å². The predicted octanol–water partition coefficient (Wildman–Crippen LogP) is 3.99. The second-order valence-electron chi connectivity index (χ2n) is 3.60. The summed E-state index contributed by atoms with van der Waals surface area (Å²) in [7, 11) is 0. The highest BCUT2D eigenvalue weighted by Crippen LogP contribution is 2.29. The molecule has 0 spiro atoms. The molecule has 3 aromatic rings. The Balaban J connectivity index is 2.23. The molecule has 17 heavy (non-hydrogen) atoms. The maximum Gasteiger partial charge on any atom is 0.139 e. The van der Waals surface area contributed by atoms with Gasteiger partial charge in [0, 0.05) is 19.8 Å². The molecule has 0 aliphatic heterocycles. The standard InChI is InChI=1S/C12H7BrIN3/c13-9-2-1-7(14)5-8(9)12-16-10-3-4-15-6-11(10)17-12/h1-6H,(H,16,17). The van der Waals surface area contributed by atoms with Crippen molar-refractivity contribution in [3.8, 4) is 11.4 Å². The van der Waals surface area contributed by atoms with Gasteiger partial charge in [-0.1, -0.05) is 15.9 Å². The summed E-state index contributed by atoms with van der Waals surface area (Å²) in [5.41, 5.74) is 2.95. The third-order valence-corrected chi connectivity index (χ3v) is 3.83. The molecule has 0 aliphatic carbocycles. The molecule has 3 rings (SSSR count). The number of hydrogen-bond donors (Lipinski definition) is 1. The molecule has 0 amide bonds. The Morgan fingerprint density at radius 1 is 1.24 bits per heavy atom. The Hall–Kier alpha value is -0.950. The van der Waals surface area contributed by atoms with E-state index in [0.717, 1.165) is 26.9 Å². The van der Waals surface area contributed by atoms with Crippen LogP contribution in [0.2, 0.25) is 0 Å². The molecule has 0 fully saturated rings. The summed E-state index contributed by atoms with van der Waals surface area (Å²) in [5, 5.41) is 0. The van der Waals surface area contributed by atoms with E-state index >= 15 is 0 Å². The van der Waals surface area contributed by atoms with Gasteiger partial charge in [-0.05, 0) is 46.9 Å². The second-order valence-corrected chi connectivity index (χ2v) is 5.70. The molecule has 0 aliphatic rings. The monoisotopic (exact) mass is 399 g/mol. The van der Waals surface area contributed by atoms with Crippen molar-refractivity contribution in [3.05, 3.63) is 44.7 Å². The van der Waals surface area contributed by atoms with Crippen molar-refractivity contribution in [3.63, 3.8) is 0 Å². The van der Waals surface area contributed by atoms with Crippen LogP contribution in [0.3, 0.4) is 0 Å². The fourth-order valence-electron chi connectivity index (χ4n) is 1.66. The first kappa shape index (κ1) is 11.2. The fourth-order valence-corrected chi connectivity index (χ4v) is 2.59. The van der Waals surface area contributed by atoms with Crippen molar-refractivity contribution < 1.29 is 0 Å². The number of hydrogen-bond acceptors (Lipinski definition) is 2. The van der Waals surface area contributed by atoms with E-state index in [0.29, 0.717) is 0 Å². The molecule has 0 radical (unpaired) electrons. The van der Waals surface area contributed by atoms with E-state index in [2.05, 4.69) is 65.6 Å². The highest BCUT2D eigenvalue weighted by atomic mass is 127. The zero-order chi connectivity index (χ0) is 11.8. The zero-order valence-electron chi connectivity index (χ0n) is 8.61. The quantitative estimate of drug-likeness (QED) is 0.628. The van der Waals surface area contributed by atoms with Crippen molar-refractivity contribution in [2.24, 2.45) is 0 Å². The summed E-state index contributed by atoms with van der Waals surface area (Å²) < 4.78 is 2.21. The molecule has 0 atom stereocenters. The van der Waals surface area contributed by atoms with Gasteiger partial charge in [0.05, 0.1) is 17.2 Å². The first-order valence-electron chi connectivity index (χ1n) is 4.99. The Morgan fingerprint density at radius 3 is 2.94 bits per heavy atom. The molecule has 2 heterocycles. The van der Waals surface area contributed by atoms with Gasteiger partial charge < -0.3 is 4.98 Å². The van der Waals surface area contributed by atoms with Crippen LogP contribution in [0.25, 0.3) is 22.4 Å². The number of pyridine rings is 1. The average Bonchev–Trinajstić information content (AvgIpc) is 2.75. The number of nitrogens with one attached hydrogen (secondary N) is 1. The minimum atomic E-state index is 0.860. The number of aromatic amines is 1. The molecule has 1 aromatic carbocycles. The van der Waals surface area contributed by atoms with Crippen LogP contribution in [0.1, 0.15) is 0 Å². The highest BCUT2D eigenvalue weighted by Gasteiger charge is 2.08. The van der Waals surface area contributed by atoms with Gasteiger partial charge >= 0.3 is 0 Å². The van der Waals surface area contributed by atoms with Crippen LogP contribution < -0.4 is 0 Å². The lowest BCUT2D eigenvalue weighted by Crippen LogP contribution is -1.83. The fraction of sp³-hybridized carbons (Fsp3) is 0. The molecule has 0 unspecified atom stereocenters. The van der Waals surface area contributed by atoms with Gasteiger partial charge in [-0.3, -0.25) is 4.98 Å². The first-order chi connectivity index (χ1) is 8.24. The summed E-state index contributed by atoms with van der Waals surface area (Å²) in [5.74, 6) is 0.860. The first-order valence-corrected chi connectivity index (χ1v) is 6.86. The second kappa shape index (κ2) is 4.38. The molecule has 3 nitrogen and oxygen atoms in total. The summed E-state index contributed by atoms with van der Waals surface area (Å²) in [6.45, 7) is 0. The van der Waals surface area contributed by atoms with Crippen molar-refractivity contribution in [1.29, 1.82) is 0 Å². The van der Waals surface area contributed by atoms with Crippen LogP contribution in [-0.4, -0.2) is 15.0 Å². The SMILES string of the molecule is Brc1ccc(I)cc1-c1nc2ccncc2[nH]1. The van der Waals surface area contributed by atoms with Gasteiger partial charge in [0.1, 0.15) is 5.82 Å². The Kier molecular flexibility index (Phi) is 2.87. The Labute approximate surface area is 120 Å². The van der Waals surface area contributed by atoms with Gasteiger partial charge in [-0.2, -0.15) is 0 Å². The van der Waals surface area contributed by atoms with Crippen molar-refractivity contribution in [2.75, 3.05) is 0 Å². The van der Waals surface area contributed by atoms with Gasteiger partial charge in [0.25, 0.3) is 0 Å². The average molecular weight is 400 g/mol. The smallest absolute Gasteiger partial charge is 0.139 e. The number of H-pyrrole nitrogens is 1. The van der Waals surface area contributed by atoms with Crippen LogP contribution in [-0.2, 0) is 0 Å². The number of rotatable bonds is 1. The van der Waals surface area contributed by atoms with E-state index in [9.17, 15) is 0 Å². The lowest BCUT2D eigenvalue weighted by Gasteiger charge is -2.01. The van der Waals surface area contributed by atoms with Gasteiger partial charge in [0.15, 0.2) is 0 Å². The van der Waals surface area contributed by atoms with E-state index in [1.54, 1.807) is 12.4 Å². The molecular weight excluding hydrogens is 393 g/mol. The molecule has 0 bridgehead atoms. The van der Waals surface area contributed by atoms with Crippen LogP contribution in [0, 0.1) is 3.57 Å². The number of imidazole rings is 1. The summed E-state index contributed by atoms with van der Waals surface area (Å²) in [6, 6.07) is 8.08. The summed E-state index contributed by atoms with van der Waals surface area (Å²) >= 11 is 5.84. The maximum atomic E-state index is 4.56. The third-order valence-electron chi connectivity index (χ3n) is 2.47. The minimum Gasteiger partial charge on any atom is -0.337 e. The molecule has 0 saturated carbocycles. The molecule has 5 heteroatoms. The molecule has 84 valence electrons. The molecule has 0 saturated heterocycles. The number of benzene rings is 1. The van der Waals surface area contributed by atoms with Gasteiger partial charge in [0.2, 0.25) is 0 Å². The summed E-state index contributed by atoms with van der Waals surface area (Å²) in [6.07, 6.45) is 3.53. The van der Waals surface area contributed by atoms with Crippen molar-refractivity contribution >= 4 is 49.6 Å². The Morgan fingerprint density at radius 2 is 2.12 bits per heavy atom. The topological polar surface area (TPSA) is 41.6 Å². The molecule has 1 N–H and O–H groups in total. The van der Waals surface area contributed by atoms with Crippen LogP contribution >= 0.6 is 38.5 Å². The lowest BCUT2D eigenvalue weighted by atomic mass is 10.2. The predicted molar refractivity (Wildman–Crippen MR) is 79.7 cm³/mol. The normalized spacial score (nSPS) is 10.9. The van der Waals surface area contributed by atoms with E-state index in [4.69, 9.17) is 0 Å². The summed E-state index contributed by atoms with van der Waals surface area (Å²) in [4.78, 5) is 11.9. The van der Waals surface area contributed by atoms with Gasteiger partial charge in [-0.25, -0.2) is 4.98 Å². The largest absolute Gasteiger partial charge is 0.337 e. The van der Waals surface area contributed by atoms with E-state index in [-0.39, 0.29) is 0 Å². The maximum absolute atomic E-state index is 4.56. The minimum absolute atomic E-state index is 0.860. The lowest BCUT2D eigenvalue weighted by molar-refractivity contribution is 1.32. The number of fused-ring (bicyclic) bond motifs is 1. The molecular formula is C12H7BrIN3. The van der Waals surface area contributed by atoms with Crippen molar-refractivity contribution in [1.82, 2.24) is 15.0 Å². The number of halogens is 2. The Bertz CT molecular complexity index is 660. The number of aromatic nitrogens is 3. The highest BCUT2D eigenvalue weighted by molar-refractivity contribution is 14.1. The van der Waals surface area contributed by atoms with Gasteiger partial charge in [-0.15, -0.1) is 0 Å². The van der Waals surface area contributed by atoms with Crippen LogP contribution in [0.15, 0.2) is 41.1 Å². The third kappa shape index (κ3) is 2.09. The van der Waals surface area contributed by atoms with E-state index < -0.39 is 0 Å². The van der Waals surface area contributed by atoms with E-state index in [1.807, 2.05) is 12.1 Å². The van der Waals surface area contributed by atoms with Crippen LogP contribution in [0.5, 0.6) is 0 Å². The zero-order valence-corrected chi connectivity index (χ0v) is 12.4. The van der Waals surface area contributed by atoms with E-state index in [1.165, 1.54) is 3.57 Å².